The zero-order valence-electron chi connectivity index (χ0n) is 13.9. The molecule has 3 heterocycles. The molecule has 0 bridgehead atoms. The first-order valence-corrected chi connectivity index (χ1v) is 11.2. The Balaban J connectivity index is 1.79. The molecule has 1 saturated heterocycles. The number of nitrogen functional groups attached to an aromatic ring is 1. The van der Waals surface area contributed by atoms with E-state index in [1.807, 2.05) is 0 Å². The quantitative estimate of drug-likeness (QED) is 0.233. The van der Waals surface area contributed by atoms with Crippen LogP contribution < -0.4 is 11.3 Å². The van der Waals surface area contributed by atoms with Crippen LogP contribution in [0.25, 0.3) is 11.2 Å². The van der Waals surface area contributed by atoms with Crippen LogP contribution in [0.3, 0.4) is 0 Å². The Morgan fingerprint density at radius 3 is 2.61 bits per heavy atom. The van der Waals surface area contributed by atoms with E-state index in [0.29, 0.717) is 0 Å². The summed E-state index contributed by atoms with van der Waals surface area (Å²) in [6.07, 6.45) is -4.64. The van der Waals surface area contributed by atoms with Crippen molar-refractivity contribution >= 4 is 32.3 Å². The van der Waals surface area contributed by atoms with Crippen molar-refractivity contribution in [3.63, 3.8) is 0 Å². The second kappa shape index (κ2) is 7.30. The minimum atomic E-state index is -4.82. The largest absolute Gasteiger partial charge is 0.387 e. The van der Waals surface area contributed by atoms with E-state index in [9.17, 15) is 29.0 Å². The van der Waals surface area contributed by atoms with Gasteiger partial charge in [0.05, 0.1) is 12.9 Å². The summed E-state index contributed by atoms with van der Waals surface area (Å²) in [6.45, 7) is -0.745. The molecule has 2 aromatic rings. The Bertz CT molecular complexity index is 1030. The number of hydrogen-bond acceptors (Lipinski definition) is 10. The van der Waals surface area contributed by atoms with Gasteiger partial charge < -0.3 is 39.9 Å². The fourth-order valence-corrected chi connectivity index (χ4v) is 5.26. The van der Waals surface area contributed by atoms with Gasteiger partial charge in [-0.15, -0.1) is 0 Å². The van der Waals surface area contributed by atoms with Crippen LogP contribution in [0.2, 0.25) is 0 Å². The number of nitrogens with one attached hydrogen (secondary N) is 1. The fourth-order valence-electron chi connectivity index (χ4n) is 2.69. The monoisotopic (exact) mass is 441 g/mol. The molecule has 15 nitrogen and oxygen atoms in total. The predicted octanol–water partition coefficient (Wildman–Crippen LogP) is -2.34. The molecule has 0 amide bonds. The molecule has 8 N–H and O–H groups in total. The third kappa shape index (κ3) is 4.33. The predicted molar refractivity (Wildman–Crippen MR) is 91.2 cm³/mol. The van der Waals surface area contributed by atoms with E-state index >= 15 is 0 Å². The fraction of sp³-hybridized carbons (Fsp3) is 0.545. The number of ether oxygens (including phenoxy) is 1. The SMILES string of the molecule is Nc1nc2c(ncn2[C@@H]2O[C@@H](COP(=O)(O)CP(=O)(O)O)[C@H](O)[C@H]2O)c(=O)[nH]1. The Kier molecular flexibility index (Phi) is 5.49. The molecule has 1 aliphatic rings. The van der Waals surface area contributed by atoms with Crippen LogP contribution in [-0.4, -0.2) is 75.2 Å². The second-order valence-corrected chi connectivity index (χ2v) is 10.1. The van der Waals surface area contributed by atoms with E-state index in [2.05, 4.69) is 19.5 Å². The Hall–Kier alpha value is -1.67. The summed E-state index contributed by atoms with van der Waals surface area (Å²) < 4.78 is 33.7. The van der Waals surface area contributed by atoms with E-state index in [1.165, 1.54) is 0 Å². The van der Waals surface area contributed by atoms with Crippen molar-refractivity contribution in [2.24, 2.45) is 0 Å². The number of aliphatic hydroxyl groups is 2. The third-order valence-electron chi connectivity index (χ3n) is 3.87. The number of aliphatic hydroxyl groups excluding tert-OH is 2. The Morgan fingerprint density at radius 2 is 1.96 bits per heavy atom. The number of aromatic amines is 1. The highest BCUT2D eigenvalue weighted by molar-refractivity contribution is 7.70. The highest BCUT2D eigenvalue weighted by Crippen LogP contribution is 2.55. The molecule has 0 aromatic carbocycles. The number of fused-ring (bicyclic) bond motifs is 1. The Morgan fingerprint density at radius 1 is 1.29 bits per heavy atom. The smallest absolute Gasteiger partial charge is 0.340 e. The number of aromatic nitrogens is 4. The maximum Gasteiger partial charge on any atom is 0.340 e. The number of hydrogen-bond donors (Lipinski definition) is 7. The van der Waals surface area contributed by atoms with Gasteiger partial charge in [0.1, 0.15) is 18.3 Å². The first-order chi connectivity index (χ1) is 12.9. The summed E-state index contributed by atoms with van der Waals surface area (Å²) in [5.74, 6) is -1.63. The van der Waals surface area contributed by atoms with Crippen LogP contribution in [0.4, 0.5) is 5.95 Å². The minimum absolute atomic E-state index is 0.0339. The molecule has 1 aliphatic heterocycles. The van der Waals surface area contributed by atoms with Crippen LogP contribution in [0, 0.1) is 0 Å². The average molecular weight is 441 g/mol. The summed E-state index contributed by atoms with van der Waals surface area (Å²) >= 11 is 0. The summed E-state index contributed by atoms with van der Waals surface area (Å²) in [5, 5.41) is 20.3. The summed E-state index contributed by atoms with van der Waals surface area (Å²) in [5.41, 5.74) is 4.72. The second-order valence-electron chi connectivity index (χ2n) is 6.06. The van der Waals surface area contributed by atoms with Gasteiger partial charge in [-0.2, -0.15) is 4.98 Å². The molecule has 0 spiro atoms. The molecular weight excluding hydrogens is 424 g/mol. The normalized spacial score (nSPS) is 27.9. The van der Waals surface area contributed by atoms with Crippen molar-refractivity contribution in [3.05, 3.63) is 16.7 Å². The van der Waals surface area contributed by atoms with Crippen LogP contribution >= 0.6 is 15.2 Å². The standard InChI is InChI=1S/C11H17N5O10P2/c12-11-14-8-5(9(19)15-11)13-2-16(8)10-7(18)6(17)4(26-10)1-25-28(23,24)3-27(20,21)22/h2,4,6-7,10,17-18H,1,3H2,(H,23,24)(H2,20,21,22)(H3,12,14,15,19)/t4-,6-,7+,10+/m0/s1. The number of rotatable bonds is 6. The van der Waals surface area contributed by atoms with E-state index in [1.54, 1.807) is 0 Å². The van der Waals surface area contributed by atoms with E-state index in [0.717, 1.165) is 10.9 Å². The van der Waals surface area contributed by atoms with Gasteiger partial charge in [0, 0.05) is 0 Å². The van der Waals surface area contributed by atoms with Crippen molar-refractivity contribution in [1.82, 2.24) is 19.5 Å². The number of imidazole rings is 1. The number of nitrogens with zero attached hydrogens (tertiary/aromatic N) is 3. The van der Waals surface area contributed by atoms with Crippen LogP contribution in [0.5, 0.6) is 0 Å². The van der Waals surface area contributed by atoms with Crippen molar-refractivity contribution in [2.75, 3.05) is 18.2 Å². The molecule has 0 radical (unpaired) electrons. The average Bonchev–Trinajstić information content (AvgIpc) is 3.06. The lowest BCUT2D eigenvalue weighted by molar-refractivity contribution is -0.0483. The number of nitrogens with two attached hydrogens (primary N) is 1. The topological polar surface area (TPSA) is 243 Å². The zero-order chi connectivity index (χ0) is 20.9. The van der Waals surface area contributed by atoms with Crippen LogP contribution in [0.15, 0.2) is 11.1 Å². The first-order valence-electron chi connectivity index (χ1n) is 7.63. The Labute approximate surface area is 155 Å². The van der Waals surface area contributed by atoms with Gasteiger partial charge in [0.15, 0.2) is 23.3 Å². The number of anilines is 1. The van der Waals surface area contributed by atoms with Crippen molar-refractivity contribution in [1.29, 1.82) is 0 Å². The minimum Gasteiger partial charge on any atom is -0.387 e. The van der Waals surface area contributed by atoms with E-state index in [4.69, 9.17) is 20.3 Å². The van der Waals surface area contributed by atoms with Gasteiger partial charge >= 0.3 is 15.2 Å². The summed E-state index contributed by atoms with van der Waals surface area (Å²) in [4.78, 5) is 48.8. The van der Waals surface area contributed by atoms with Crippen LogP contribution in [-0.2, 0) is 18.4 Å². The van der Waals surface area contributed by atoms with Crippen molar-refractivity contribution < 1.29 is 43.3 Å². The molecule has 2 aromatic heterocycles. The van der Waals surface area contributed by atoms with Gasteiger partial charge in [-0.3, -0.25) is 23.5 Å². The van der Waals surface area contributed by atoms with Gasteiger partial charge in [-0.05, 0) is 0 Å². The highest BCUT2D eigenvalue weighted by Gasteiger charge is 2.45. The van der Waals surface area contributed by atoms with Crippen molar-refractivity contribution in [3.8, 4) is 0 Å². The van der Waals surface area contributed by atoms with Gasteiger partial charge in [-0.1, -0.05) is 0 Å². The maximum atomic E-state index is 11.8. The van der Waals surface area contributed by atoms with Gasteiger partial charge in [0.25, 0.3) is 5.56 Å². The lowest BCUT2D eigenvalue weighted by Crippen LogP contribution is -2.33. The molecule has 5 atom stereocenters. The molecule has 1 fully saturated rings. The summed E-state index contributed by atoms with van der Waals surface area (Å²) in [6, 6.07) is 0. The van der Waals surface area contributed by atoms with Gasteiger partial charge in [-0.25, -0.2) is 4.98 Å². The summed E-state index contributed by atoms with van der Waals surface area (Å²) in [7, 11) is -9.49. The van der Waals surface area contributed by atoms with Crippen molar-refractivity contribution in [2.45, 2.75) is 24.5 Å². The van der Waals surface area contributed by atoms with E-state index < -0.39 is 57.8 Å². The number of H-pyrrole nitrogens is 1. The molecule has 0 saturated carbocycles. The molecular formula is C11H17N5O10P2. The molecule has 28 heavy (non-hydrogen) atoms. The molecule has 1 unspecified atom stereocenters. The van der Waals surface area contributed by atoms with E-state index in [-0.39, 0.29) is 17.1 Å². The highest BCUT2D eigenvalue weighted by atomic mass is 31.2. The van der Waals surface area contributed by atoms with Crippen LogP contribution in [0.1, 0.15) is 6.23 Å². The first kappa shape index (κ1) is 21.0. The molecule has 17 heteroatoms. The maximum absolute atomic E-state index is 11.8. The molecule has 0 aliphatic carbocycles. The van der Waals surface area contributed by atoms with Gasteiger partial charge in [0.2, 0.25) is 5.95 Å². The molecule has 156 valence electrons. The zero-order valence-corrected chi connectivity index (χ0v) is 15.7. The third-order valence-corrected chi connectivity index (χ3v) is 7.32. The lowest BCUT2D eigenvalue weighted by Gasteiger charge is -2.18. The molecule has 3 rings (SSSR count). The lowest BCUT2D eigenvalue weighted by atomic mass is 10.1.